The molecule has 0 bridgehead atoms. The normalized spacial score (nSPS) is 52.0. The molecule has 4 aliphatic rings. The highest BCUT2D eigenvalue weighted by atomic mass is 16.3. The van der Waals surface area contributed by atoms with Crippen molar-refractivity contribution in [3.63, 3.8) is 0 Å². The van der Waals surface area contributed by atoms with Gasteiger partial charge in [-0.15, -0.1) is 0 Å². The van der Waals surface area contributed by atoms with Crippen LogP contribution in [0.2, 0.25) is 0 Å². The van der Waals surface area contributed by atoms with Gasteiger partial charge in [0.25, 0.3) is 0 Å². The summed E-state index contributed by atoms with van der Waals surface area (Å²) in [7, 11) is 0. The van der Waals surface area contributed by atoms with E-state index in [4.69, 9.17) is 0 Å². The van der Waals surface area contributed by atoms with Gasteiger partial charge in [-0.1, -0.05) is 26.3 Å². The fourth-order valence-corrected chi connectivity index (χ4v) is 7.84. The molecule has 8 atom stereocenters. The van der Waals surface area contributed by atoms with Gasteiger partial charge < -0.3 is 5.11 Å². The minimum absolute atomic E-state index is 0.0882. The van der Waals surface area contributed by atoms with Crippen molar-refractivity contribution in [3.05, 3.63) is 11.6 Å². The van der Waals surface area contributed by atoms with Crippen LogP contribution in [-0.2, 0) is 9.59 Å². The molecular weight excluding hydrogens is 312 g/mol. The lowest BCUT2D eigenvalue weighted by Crippen LogP contribution is -2.55. The molecule has 4 rings (SSSR count). The van der Waals surface area contributed by atoms with E-state index in [0.717, 1.165) is 32.1 Å². The summed E-state index contributed by atoms with van der Waals surface area (Å²) in [5.74, 6) is 2.72. The van der Waals surface area contributed by atoms with Gasteiger partial charge in [-0.25, -0.2) is 0 Å². The van der Waals surface area contributed by atoms with E-state index in [-0.39, 0.29) is 29.0 Å². The fourth-order valence-electron chi connectivity index (χ4n) is 7.84. The molecular formula is C22H32O3. The number of aliphatic hydroxyl groups is 1. The third-order valence-electron chi connectivity index (χ3n) is 8.85. The van der Waals surface area contributed by atoms with Crippen LogP contribution in [0.1, 0.15) is 66.2 Å². The van der Waals surface area contributed by atoms with Crippen LogP contribution in [0.15, 0.2) is 11.6 Å². The lowest BCUT2D eigenvalue weighted by atomic mass is 9.46. The number of carbonyl (C=O) groups excluding carboxylic acids is 2. The molecule has 3 nitrogen and oxygen atoms in total. The minimum atomic E-state index is -0.542. The van der Waals surface area contributed by atoms with Crippen molar-refractivity contribution in [2.24, 2.45) is 40.4 Å². The van der Waals surface area contributed by atoms with Gasteiger partial charge in [0, 0.05) is 17.8 Å². The summed E-state index contributed by atoms with van der Waals surface area (Å²) in [6.07, 6.45) is 6.93. The smallest absolute Gasteiger partial charge is 0.158 e. The average molecular weight is 344 g/mol. The van der Waals surface area contributed by atoms with Crippen molar-refractivity contribution in [1.82, 2.24) is 0 Å². The van der Waals surface area contributed by atoms with Gasteiger partial charge in [0.05, 0.1) is 6.10 Å². The topological polar surface area (TPSA) is 54.4 Å². The van der Waals surface area contributed by atoms with Crippen molar-refractivity contribution in [3.8, 4) is 0 Å². The predicted octanol–water partition coefficient (Wildman–Crippen LogP) is 3.94. The van der Waals surface area contributed by atoms with Crippen LogP contribution in [0.3, 0.4) is 0 Å². The average Bonchev–Trinajstić information content (AvgIpc) is 2.79. The second-order valence-electron chi connectivity index (χ2n) is 9.90. The second kappa shape index (κ2) is 5.52. The highest BCUT2D eigenvalue weighted by Gasteiger charge is 2.62. The first-order chi connectivity index (χ1) is 11.7. The molecule has 0 aromatic heterocycles. The number of hydrogen-bond acceptors (Lipinski definition) is 3. The van der Waals surface area contributed by atoms with Gasteiger partial charge in [-0.05, 0) is 74.2 Å². The van der Waals surface area contributed by atoms with Gasteiger partial charge in [-0.2, -0.15) is 0 Å². The van der Waals surface area contributed by atoms with Crippen LogP contribution in [0.5, 0.6) is 0 Å². The maximum atomic E-state index is 12.4. The molecule has 3 saturated carbocycles. The Hall–Kier alpha value is -0.960. The van der Waals surface area contributed by atoms with E-state index in [1.165, 1.54) is 5.57 Å². The number of ketones is 2. The Morgan fingerprint density at radius 2 is 1.96 bits per heavy atom. The molecule has 3 fully saturated rings. The van der Waals surface area contributed by atoms with Crippen molar-refractivity contribution in [2.75, 3.05) is 0 Å². The molecule has 0 aromatic rings. The van der Waals surface area contributed by atoms with E-state index < -0.39 is 6.10 Å². The largest absolute Gasteiger partial charge is 0.392 e. The molecule has 0 heterocycles. The first-order valence-corrected chi connectivity index (χ1v) is 10.1. The van der Waals surface area contributed by atoms with Crippen LogP contribution < -0.4 is 0 Å². The molecule has 138 valence electrons. The number of Topliss-reactive ketones (excluding diaryl/α,β-unsaturated/α-hetero) is 1. The van der Waals surface area contributed by atoms with E-state index in [1.54, 1.807) is 6.92 Å². The summed E-state index contributed by atoms with van der Waals surface area (Å²) in [5, 5.41) is 10.9. The van der Waals surface area contributed by atoms with E-state index in [9.17, 15) is 14.7 Å². The zero-order chi connectivity index (χ0) is 18.1. The first kappa shape index (κ1) is 17.5. The van der Waals surface area contributed by atoms with Crippen LogP contribution in [0.4, 0.5) is 0 Å². The number of rotatable bonds is 1. The summed E-state index contributed by atoms with van der Waals surface area (Å²) in [4.78, 5) is 24.3. The highest BCUT2D eigenvalue weighted by molar-refractivity contribution is 5.92. The quantitative estimate of drug-likeness (QED) is 0.784. The van der Waals surface area contributed by atoms with Gasteiger partial charge in [-0.3, -0.25) is 9.59 Å². The maximum Gasteiger partial charge on any atom is 0.158 e. The van der Waals surface area contributed by atoms with Gasteiger partial charge in [0.15, 0.2) is 5.78 Å². The minimum Gasteiger partial charge on any atom is -0.392 e. The number of aliphatic hydroxyl groups excluding tert-OH is 1. The lowest BCUT2D eigenvalue weighted by molar-refractivity contribution is -0.135. The summed E-state index contributed by atoms with van der Waals surface area (Å²) in [6.45, 7) is 8.60. The first-order valence-electron chi connectivity index (χ1n) is 10.1. The predicted molar refractivity (Wildman–Crippen MR) is 96.8 cm³/mol. The van der Waals surface area contributed by atoms with Crippen molar-refractivity contribution >= 4 is 11.6 Å². The maximum absolute atomic E-state index is 12.4. The van der Waals surface area contributed by atoms with Crippen LogP contribution >= 0.6 is 0 Å². The Morgan fingerprint density at radius 3 is 2.64 bits per heavy atom. The second-order valence-corrected chi connectivity index (χ2v) is 9.90. The molecule has 0 saturated heterocycles. The van der Waals surface area contributed by atoms with Crippen molar-refractivity contribution in [2.45, 2.75) is 72.3 Å². The number of hydrogen-bond donors (Lipinski definition) is 1. The van der Waals surface area contributed by atoms with Crippen LogP contribution in [0.25, 0.3) is 0 Å². The standard InChI is InChI=1S/C22H32O3/c1-12-9-18-16-6-5-14-10-15(24)11-19(25)22(14,4)17(16)7-8-21(18,3)20(12)13(2)23/h10,12,16-20,25H,5-9,11H2,1-4H3/t12?,16-,17+,18+,19?,20-,21+,22+/m1/s1. The van der Waals surface area contributed by atoms with Crippen molar-refractivity contribution < 1.29 is 14.7 Å². The van der Waals surface area contributed by atoms with E-state index in [0.29, 0.717) is 29.5 Å². The molecule has 0 aliphatic heterocycles. The summed E-state index contributed by atoms with van der Waals surface area (Å²) < 4.78 is 0. The molecule has 0 amide bonds. The van der Waals surface area contributed by atoms with Crippen LogP contribution in [-0.4, -0.2) is 22.8 Å². The molecule has 25 heavy (non-hydrogen) atoms. The molecule has 2 unspecified atom stereocenters. The molecule has 3 heteroatoms. The Morgan fingerprint density at radius 1 is 1.24 bits per heavy atom. The fraction of sp³-hybridized carbons (Fsp3) is 0.818. The molecule has 0 aromatic carbocycles. The Balaban J connectivity index is 1.72. The lowest BCUT2D eigenvalue weighted by Gasteiger charge is -2.59. The van der Waals surface area contributed by atoms with Gasteiger partial charge >= 0.3 is 0 Å². The van der Waals surface area contributed by atoms with Gasteiger partial charge in [0.2, 0.25) is 0 Å². The van der Waals surface area contributed by atoms with Crippen LogP contribution in [0, 0.1) is 40.4 Å². The highest BCUT2D eigenvalue weighted by Crippen LogP contribution is 2.67. The molecule has 4 aliphatic carbocycles. The Bertz CT molecular complexity index is 650. The third-order valence-corrected chi connectivity index (χ3v) is 8.85. The summed E-state index contributed by atoms with van der Waals surface area (Å²) in [6, 6.07) is 0. The van der Waals surface area contributed by atoms with E-state index >= 15 is 0 Å². The van der Waals surface area contributed by atoms with E-state index in [2.05, 4.69) is 20.8 Å². The third kappa shape index (κ3) is 2.20. The van der Waals surface area contributed by atoms with Gasteiger partial charge in [0.1, 0.15) is 5.78 Å². The summed E-state index contributed by atoms with van der Waals surface area (Å²) >= 11 is 0. The van der Waals surface area contributed by atoms with E-state index in [1.807, 2.05) is 6.08 Å². The number of fused-ring (bicyclic) bond motifs is 5. The molecule has 1 N–H and O–H groups in total. The molecule has 0 radical (unpaired) electrons. The van der Waals surface area contributed by atoms with Crippen molar-refractivity contribution in [1.29, 1.82) is 0 Å². The summed E-state index contributed by atoms with van der Waals surface area (Å²) in [5.41, 5.74) is 1.07. The zero-order valence-electron chi connectivity index (χ0n) is 16.0. The zero-order valence-corrected chi connectivity index (χ0v) is 16.0. The SMILES string of the molecule is CC(=O)[C@H]1C(C)C[C@H]2[C@@H]3CCC4=CC(=O)CC(O)[C@]4(C)[C@H]3CC[C@]12C. The monoisotopic (exact) mass is 344 g/mol. The Kier molecular flexibility index (Phi) is 3.85. The molecule has 0 spiro atoms. The Labute approximate surface area is 151 Å². The number of carbonyl (C=O) groups is 2.